The summed E-state index contributed by atoms with van der Waals surface area (Å²) >= 11 is 0. The number of nitrogens with one attached hydrogen (secondary N) is 1. The van der Waals surface area contributed by atoms with E-state index < -0.39 is 0 Å². The molecule has 3 aromatic rings. The molecule has 0 aliphatic carbocycles. The van der Waals surface area contributed by atoms with Crippen molar-refractivity contribution in [3.8, 4) is 0 Å². The van der Waals surface area contributed by atoms with Gasteiger partial charge in [0.05, 0.1) is 12.8 Å². The van der Waals surface area contributed by atoms with Gasteiger partial charge in [-0.15, -0.1) is 0 Å². The van der Waals surface area contributed by atoms with Crippen LogP contribution in [0.1, 0.15) is 21.9 Å². The summed E-state index contributed by atoms with van der Waals surface area (Å²) in [6, 6.07) is 11.3. The quantitative estimate of drug-likeness (QED) is 0.729. The number of rotatable bonds is 5. The summed E-state index contributed by atoms with van der Waals surface area (Å²) < 4.78 is 5.30. The third-order valence-electron chi connectivity index (χ3n) is 4.61. The molecule has 1 aliphatic heterocycles. The van der Waals surface area contributed by atoms with Crippen LogP contribution in [0.2, 0.25) is 0 Å². The zero-order valence-electron chi connectivity index (χ0n) is 15.7. The first kappa shape index (κ1) is 18.0. The Hall–Kier alpha value is -3.42. The van der Waals surface area contributed by atoms with Gasteiger partial charge in [0.1, 0.15) is 17.3 Å². The lowest BCUT2D eigenvalue weighted by molar-refractivity contribution is 0.0740. The molecule has 3 aromatic heterocycles. The minimum Gasteiger partial charge on any atom is -0.467 e. The van der Waals surface area contributed by atoms with Crippen LogP contribution in [0, 0.1) is 6.92 Å². The first-order chi connectivity index (χ1) is 13.7. The van der Waals surface area contributed by atoms with E-state index in [1.807, 2.05) is 42.2 Å². The molecular weight excluding hydrogens is 356 g/mol. The Bertz CT molecular complexity index is 921. The lowest BCUT2D eigenvalue weighted by Crippen LogP contribution is -2.49. The summed E-state index contributed by atoms with van der Waals surface area (Å²) in [5.74, 6) is 2.07. The van der Waals surface area contributed by atoms with Crippen LogP contribution in [-0.2, 0) is 6.54 Å². The number of hydrogen-bond donors (Lipinski definition) is 1. The zero-order valence-corrected chi connectivity index (χ0v) is 15.7. The van der Waals surface area contributed by atoms with Crippen molar-refractivity contribution >= 4 is 17.7 Å². The van der Waals surface area contributed by atoms with Crippen LogP contribution < -0.4 is 10.2 Å². The molecule has 8 nitrogen and oxygen atoms in total. The number of amides is 1. The van der Waals surface area contributed by atoms with Crippen molar-refractivity contribution in [1.29, 1.82) is 0 Å². The molecule has 4 rings (SSSR count). The third-order valence-corrected chi connectivity index (χ3v) is 4.61. The van der Waals surface area contributed by atoms with Gasteiger partial charge in [-0.1, -0.05) is 6.07 Å². The summed E-state index contributed by atoms with van der Waals surface area (Å²) in [5.41, 5.74) is 1.15. The van der Waals surface area contributed by atoms with E-state index >= 15 is 0 Å². The number of aryl methyl sites for hydroxylation is 1. The van der Waals surface area contributed by atoms with Gasteiger partial charge in [-0.2, -0.15) is 0 Å². The van der Waals surface area contributed by atoms with Crippen LogP contribution in [0.5, 0.6) is 0 Å². The minimum absolute atomic E-state index is 0.0766. The highest BCUT2D eigenvalue weighted by Gasteiger charge is 2.24. The normalized spacial score (nSPS) is 14.2. The van der Waals surface area contributed by atoms with Gasteiger partial charge in [-0.3, -0.25) is 4.79 Å². The Morgan fingerprint density at radius 2 is 2.00 bits per heavy atom. The number of hydrogen-bond acceptors (Lipinski definition) is 7. The largest absolute Gasteiger partial charge is 0.467 e. The zero-order chi connectivity index (χ0) is 19.3. The van der Waals surface area contributed by atoms with Gasteiger partial charge in [0.2, 0.25) is 5.95 Å². The van der Waals surface area contributed by atoms with E-state index in [-0.39, 0.29) is 5.91 Å². The van der Waals surface area contributed by atoms with Crippen LogP contribution >= 0.6 is 0 Å². The van der Waals surface area contributed by atoms with E-state index in [0.29, 0.717) is 31.3 Å². The Balaban J connectivity index is 1.40. The number of piperazine rings is 1. The maximum atomic E-state index is 12.9. The van der Waals surface area contributed by atoms with E-state index in [0.717, 1.165) is 30.4 Å². The second kappa shape index (κ2) is 8.08. The molecule has 1 saturated heterocycles. The average Bonchev–Trinajstić information content (AvgIpc) is 3.26. The Kier molecular flexibility index (Phi) is 5.18. The van der Waals surface area contributed by atoms with E-state index in [1.54, 1.807) is 18.5 Å². The van der Waals surface area contributed by atoms with Crippen molar-refractivity contribution < 1.29 is 9.21 Å². The highest BCUT2D eigenvalue weighted by atomic mass is 16.3. The number of anilines is 2. The second-order valence-corrected chi connectivity index (χ2v) is 6.62. The maximum Gasteiger partial charge on any atom is 0.272 e. The van der Waals surface area contributed by atoms with Crippen LogP contribution in [0.3, 0.4) is 0 Å². The van der Waals surface area contributed by atoms with E-state index in [1.165, 1.54) is 0 Å². The minimum atomic E-state index is -0.0766. The van der Waals surface area contributed by atoms with E-state index in [9.17, 15) is 4.79 Å². The molecule has 0 aromatic carbocycles. The predicted octanol–water partition coefficient (Wildman–Crippen LogP) is 2.35. The van der Waals surface area contributed by atoms with Crippen LogP contribution in [0.4, 0.5) is 11.8 Å². The van der Waals surface area contributed by atoms with Crippen molar-refractivity contribution in [2.45, 2.75) is 13.5 Å². The lowest BCUT2D eigenvalue weighted by Gasteiger charge is -2.35. The fourth-order valence-electron chi connectivity index (χ4n) is 3.18. The number of furan rings is 1. The first-order valence-corrected chi connectivity index (χ1v) is 9.26. The van der Waals surface area contributed by atoms with Crippen molar-refractivity contribution in [2.24, 2.45) is 0 Å². The van der Waals surface area contributed by atoms with Crippen LogP contribution in [0.25, 0.3) is 0 Å². The van der Waals surface area contributed by atoms with Gasteiger partial charge >= 0.3 is 0 Å². The van der Waals surface area contributed by atoms with Crippen molar-refractivity contribution in [2.75, 3.05) is 36.4 Å². The Morgan fingerprint density at radius 3 is 2.71 bits per heavy atom. The molecule has 4 heterocycles. The molecule has 0 spiro atoms. The first-order valence-electron chi connectivity index (χ1n) is 9.26. The summed E-state index contributed by atoms with van der Waals surface area (Å²) in [6.45, 7) is 5.08. The third kappa shape index (κ3) is 4.11. The molecule has 0 unspecified atom stereocenters. The number of aromatic nitrogens is 3. The molecule has 1 aliphatic rings. The summed E-state index contributed by atoms with van der Waals surface area (Å²) in [5, 5.41) is 3.11. The molecule has 0 radical (unpaired) electrons. The van der Waals surface area contributed by atoms with Crippen molar-refractivity contribution in [1.82, 2.24) is 19.9 Å². The average molecular weight is 378 g/mol. The van der Waals surface area contributed by atoms with Crippen LogP contribution in [-0.4, -0.2) is 51.9 Å². The van der Waals surface area contributed by atoms with E-state index in [4.69, 9.17) is 4.42 Å². The number of carbonyl (C=O) groups excluding carboxylic acids is 1. The summed E-state index contributed by atoms with van der Waals surface area (Å²) in [7, 11) is 0. The van der Waals surface area contributed by atoms with Gasteiger partial charge in [0, 0.05) is 38.1 Å². The molecule has 0 saturated carbocycles. The molecule has 1 N–H and O–H groups in total. The summed E-state index contributed by atoms with van der Waals surface area (Å²) in [6.07, 6.45) is 3.40. The van der Waals surface area contributed by atoms with Gasteiger partial charge in [0.25, 0.3) is 5.91 Å². The summed E-state index contributed by atoms with van der Waals surface area (Å²) in [4.78, 5) is 30.1. The van der Waals surface area contributed by atoms with Crippen molar-refractivity contribution in [3.05, 3.63) is 66.0 Å². The molecule has 0 bridgehead atoms. The smallest absolute Gasteiger partial charge is 0.272 e. The topological polar surface area (TPSA) is 87.4 Å². The standard InChI is InChI=1S/C20H22N6O2/c1-15-13-17(24-20(23-15)22-14-16-5-4-12-28-16)19(27)26-10-8-25(9-11-26)18-6-2-3-7-21-18/h2-7,12-13H,8-11,14H2,1H3,(H,22,23,24). The molecule has 8 heteroatoms. The monoisotopic (exact) mass is 378 g/mol. The highest BCUT2D eigenvalue weighted by Crippen LogP contribution is 2.15. The van der Waals surface area contributed by atoms with Gasteiger partial charge in [-0.25, -0.2) is 15.0 Å². The SMILES string of the molecule is Cc1cc(C(=O)N2CCN(c3ccccn3)CC2)nc(NCc2ccco2)n1. The van der Waals surface area contributed by atoms with Crippen LogP contribution in [0.15, 0.2) is 53.3 Å². The molecule has 1 fully saturated rings. The highest BCUT2D eigenvalue weighted by molar-refractivity contribution is 5.92. The molecule has 28 heavy (non-hydrogen) atoms. The number of carbonyl (C=O) groups is 1. The second-order valence-electron chi connectivity index (χ2n) is 6.62. The van der Waals surface area contributed by atoms with Gasteiger partial charge in [0.15, 0.2) is 0 Å². The number of nitrogens with zero attached hydrogens (tertiary/aromatic N) is 5. The lowest BCUT2D eigenvalue weighted by atomic mass is 10.2. The number of pyridine rings is 1. The van der Waals surface area contributed by atoms with Gasteiger partial charge in [-0.05, 0) is 37.3 Å². The Labute approximate surface area is 163 Å². The predicted molar refractivity (Wildman–Crippen MR) is 105 cm³/mol. The van der Waals surface area contributed by atoms with Crippen molar-refractivity contribution in [3.63, 3.8) is 0 Å². The fourth-order valence-corrected chi connectivity index (χ4v) is 3.18. The fraction of sp³-hybridized carbons (Fsp3) is 0.300. The van der Waals surface area contributed by atoms with E-state index in [2.05, 4.69) is 25.2 Å². The molecule has 1 amide bonds. The Morgan fingerprint density at radius 1 is 1.14 bits per heavy atom. The molecule has 144 valence electrons. The molecular formula is C20H22N6O2. The van der Waals surface area contributed by atoms with Gasteiger partial charge < -0.3 is 19.5 Å². The maximum absolute atomic E-state index is 12.9. The molecule has 0 atom stereocenters.